The Balaban J connectivity index is 1.35. The predicted octanol–water partition coefficient (Wildman–Crippen LogP) is 4.38. The lowest BCUT2D eigenvalue weighted by Crippen LogP contribution is -2.39. The molecule has 2 unspecified atom stereocenters. The molecule has 0 saturated carbocycles. The number of benzene rings is 3. The van der Waals surface area contributed by atoms with Crippen LogP contribution in [-0.2, 0) is 11.3 Å². The highest BCUT2D eigenvalue weighted by Gasteiger charge is 2.32. The van der Waals surface area contributed by atoms with Crippen molar-refractivity contribution < 1.29 is 14.3 Å². The van der Waals surface area contributed by atoms with E-state index in [1.165, 1.54) is 16.4 Å². The molecule has 1 saturated heterocycles. The van der Waals surface area contributed by atoms with Crippen molar-refractivity contribution in [3.63, 3.8) is 0 Å². The van der Waals surface area contributed by atoms with Crippen LogP contribution in [0, 0.1) is 0 Å². The monoisotopic (exact) mass is 444 g/mol. The summed E-state index contributed by atoms with van der Waals surface area (Å²) in [5, 5.41) is 5.42. The standard InChI is InChI=1S/C26H28N4O3/c1-4-30-23-8-6-5-7-18(23)20-13-16(9-12-24(20)30)27-26(31)22-15-21(28-29-22)19-11-10-17(32-2)14-25(19)33-3/h5-14,21-22,28-29H,4,15H2,1-3H3,(H,27,31). The number of para-hydroxylation sites is 1. The Morgan fingerprint density at radius 1 is 1.00 bits per heavy atom. The molecule has 2 atom stereocenters. The van der Waals surface area contributed by atoms with Crippen molar-refractivity contribution in [1.29, 1.82) is 0 Å². The van der Waals surface area contributed by atoms with Crippen LogP contribution in [0.25, 0.3) is 21.8 Å². The molecule has 1 fully saturated rings. The molecule has 0 spiro atoms. The SMILES string of the molecule is CCn1c2ccccc2c2cc(NC(=O)C3CC(c4ccc(OC)cc4OC)NN3)ccc21. The number of carbonyl (C=O) groups is 1. The zero-order valence-electron chi connectivity index (χ0n) is 19.0. The number of aromatic nitrogens is 1. The van der Waals surface area contributed by atoms with Crippen LogP contribution in [0.2, 0.25) is 0 Å². The molecule has 5 rings (SSSR count). The summed E-state index contributed by atoms with van der Waals surface area (Å²) in [7, 11) is 3.26. The molecular formula is C26H28N4O3. The highest BCUT2D eigenvalue weighted by atomic mass is 16.5. The number of fused-ring (bicyclic) bond motifs is 3. The Morgan fingerprint density at radius 2 is 1.82 bits per heavy atom. The van der Waals surface area contributed by atoms with Gasteiger partial charge in [0, 0.05) is 45.7 Å². The van der Waals surface area contributed by atoms with E-state index in [-0.39, 0.29) is 18.0 Å². The van der Waals surface area contributed by atoms with Crippen LogP contribution in [-0.4, -0.2) is 30.7 Å². The number of nitrogens with zero attached hydrogens (tertiary/aromatic N) is 1. The first-order chi connectivity index (χ1) is 16.1. The van der Waals surface area contributed by atoms with Crippen LogP contribution in [0.3, 0.4) is 0 Å². The summed E-state index contributed by atoms with van der Waals surface area (Å²) in [5.74, 6) is 1.39. The van der Waals surface area contributed by atoms with Gasteiger partial charge >= 0.3 is 0 Å². The summed E-state index contributed by atoms with van der Waals surface area (Å²) < 4.78 is 13.1. The largest absolute Gasteiger partial charge is 0.497 e. The minimum atomic E-state index is -0.366. The number of methoxy groups -OCH3 is 2. The number of ether oxygens (including phenoxy) is 2. The lowest BCUT2D eigenvalue weighted by molar-refractivity contribution is -0.117. The molecule has 4 aromatic rings. The van der Waals surface area contributed by atoms with E-state index >= 15 is 0 Å². The third-order valence-corrected chi connectivity index (χ3v) is 6.39. The van der Waals surface area contributed by atoms with Gasteiger partial charge < -0.3 is 19.4 Å². The number of anilines is 1. The highest BCUT2D eigenvalue weighted by Crippen LogP contribution is 2.34. The minimum absolute atomic E-state index is 0.0494. The summed E-state index contributed by atoms with van der Waals surface area (Å²) in [6.07, 6.45) is 0.603. The number of hydrogen-bond donors (Lipinski definition) is 3. The van der Waals surface area contributed by atoms with Crippen LogP contribution in [0.5, 0.6) is 11.5 Å². The zero-order chi connectivity index (χ0) is 22.9. The van der Waals surface area contributed by atoms with Gasteiger partial charge in [0.2, 0.25) is 5.91 Å². The smallest absolute Gasteiger partial charge is 0.242 e. The van der Waals surface area contributed by atoms with E-state index in [1.54, 1.807) is 14.2 Å². The van der Waals surface area contributed by atoms with Crippen molar-refractivity contribution in [2.45, 2.75) is 32.0 Å². The van der Waals surface area contributed by atoms with Gasteiger partial charge in [-0.2, -0.15) is 0 Å². The van der Waals surface area contributed by atoms with Crippen LogP contribution < -0.4 is 25.6 Å². The molecule has 0 radical (unpaired) electrons. The fraction of sp³-hybridized carbons (Fsp3) is 0.269. The van der Waals surface area contributed by atoms with Crippen molar-refractivity contribution in [3.8, 4) is 11.5 Å². The molecule has 7 heteroatoms. The maximum absolute atomic E-state index is 13.0. The van der Waals surface area contributed by atoms with Crippen molar-refractivity contribution >= 4 is 33.4 Å². The summed E-state index contributed by atoms with van der Waals surface area (Å²) in [6.45, 7) is 3.04. The number of hydrazine groups is 1. The fourth-order valence-electron chi connectivity index (χ4n) is 4.74. The molecule has 1 aromatic heterocycles. The zero-order valence-corrected chi connectivity index (χ0v) is 19.0. The quantitative estimate of drug-likeness (QED) is 0.412. The van der Waals surface area contributed by atoms with Gasteiger partial charge in [0.25, 0.3) is 0 Å². The van der Waals surface area contributed by atoms with Crippen LogP contribution in [0.1, 0.15) is 24.9 Å². The average Bonchev–Trinajstić information content (AvgIpc) is 3.46. The normalized spacial score (nSPS) is 18.0. The van der Waals surface area contributed by atoms with E-state index in [0.717, 1.165) is 34.7 Å². The first kappa shape index (κ1) is 21.3. The molecule has 33 heavy (non-hydrogen) atoms. The third-order valence-electron chi connectivity index (χ3n) is 6.39. The summed E-state index contributed by atoms with van der Waals surface area (Å²) in [5.41, 5.74) is 10.5. The molecular weight excluding hydrogens is 416 g/mol. The summed E-state index contributed by atoms with van der Waals surface area (Å²) in [4.78, 5) is 13.0. The molecule has 1 aliphatic heterocycles. The molecule has 0 aliphatic carbocycles. The van der Waals surface area contributed by atoms with E-state index in [9.17, 15) is 4.79 Å². The number of rotatable bonds is 6. The van der Waals surface area contributed by atoms with Crippen molar-refractivity contribution in [3.05, 3.63) is 66.2 Å². The molecule has 2 heterocycles. The first-order valence-electron chi connectivity index (χ1n) is 11.2. The van der Waals surface area contributed by atoms with E-state index in [0.29, 0.717) is 6.42 Å². The number of amides is 1. The predicted molar refractivity (Wildman–Crippen MR) is 131 cm³/mol. The lowest BCUT2D eigenvalue weighted by atomic mass is 10.0. The average molecular weight is 445 g/mol. The van der Waals surface area contributed by atoms with Crippen molar-refractivity contribution in [2.24, 2.45) is 0 Å². The second kappa shape index (κ2) is 8.77. The first-order valence-corrected chi connectivity index (χ1v) is 11.2. The van der Waals surface area contributed by atoms with Gasteiger partial charge in [0.1, 0.15) is 17.5 Å². The number of nitrogens with one attached hydrogen (secondary N) is 3. The maximum Gasteiger partial charge on any atom is 0.242 e. The third kappa shape index (κ3) is 3.79. The number of hydrogen-bond acceptors (Lipinski definition) is 5. The van der Waals surface area contributed by atoms with Crippen molar-refractivity contribution in [2.75, 3.05) is 19.5 Å². The summed E-state index contributed by atoms with van der Waals surface area (Å²) >= 11 is 0. The molecule has 0 bridgehead atoms. The van der Waals surface area contributed by atoms with Gasteiger partial charge in [-0.15, -0.1) is 0 Å². The van der Waals surface area contributed by atoms with Crippen LogP contribution >= 0.6 is 0 Å². The molecule has 1 aliphatic rings. The fourth-order valence-corrected chi connectivity index (χ4v) is 4.74. The van der Waals surface area contributed by atoms with E-state index in [4.69, 9.17) is 9.47 Å². The van der Waals surface area contributed by atoms with Gasteiger partial charge in [-0.05, 0) is 43.7 Å². The Labute approximate surface area is 192 Å². The topological polar surface area (TPSA) is 76.6 Å². The van der Waals surface area contributed by atoms with Crippen molar-refractivity contribution in [1.82, 2.24) is 15.4 Å². The Hall–Kier alpha value is -3.55. The van der Waals surface area contributed by atoms with Gasteiger partial charge in [0.15, 0.2) is 0 Å². The van der Waals surface area contributed by atoms with Gasteiger partial charge in [-0.3, -0.25) is 4.79 Å². The molecule has 170 valence electrons. The van der Waals surface area contributed by atoms with Gasteiger partial charge in [-0.1, -0.05) is 24.3 Å². The van der Waals surface area contributed by atoms with Crippen LogP contribution in [0.15, 0.2) is 60.7 Å². The minimum Gasteiger partial charge on any atom is -0.497 e. The molecule has 7 nitrogen and oxygen atoms in total. The second-order valence-electron chi connectivity index (χ2n) is 8.22. The maximum atomic E-state index is 13.0. The second-order valence-corrected chi connectivity index (χ2v) is 8.22. The Kier molecular flexibility index (Phi) is 5.66. The van der Waals surface area contributed by atoms with Crippen LogP contribution in [0.4, 0.5) is 5.69 Å². The Bertz CT molecular complexity index is 1330. The number of carbonyl (C=O) groups excluding carboxylic acids is 1. The lowest BCUT2D eigenvalue weighted by Gasteiger charge is -2.15. The van der Waals surface area contributed by atoms with E-state index in [2.05, 4.69) is 64.1 Å². The Morgan fingerprint density at radius 3 is 2.61 bits per heavy atom. The van der Waals surface area contributed by atoms with Gasteiger partial charge in [-0.25, -0.2) is 10.9 Å². The molecule has 3 aromatic carbocycles. The van der Waals surface area contributed by atoms with E-state index in [1.807, 2.05) is 24.3 Å². The highest BCUT2D eigenvalue weighted by molar-refractivity contribution is 6.10. The molecule has 1 amide bonds. The van der Waals surface area contributed by atoms with Gasteiger partial charge in [0.05, 0.1) is 20.3 Å². The molecule has 3 N–H and O–H groups in total. The summed E-state index contributed by atoms with van der Waals surface area (Å²) in [6, 6.07) is 19.8. The van der Waals surface area contributed by atoms with E-state index < -0.39 is 0 Å². The number of aryl methyl sites for hydroxylation is 1.